The standard InChI is InChI=1S/C20H22ClNO3S/c1-24-13-6-9-19(25-2)16(11-13)18-5-4-10-22(18)20(23)15-12-14(26-3)7-8-17(15)21/h6-9,11-12,18H,4-5,10H2,1-3H3. The molecule has 1 saturated heterocycles. The van der Waals surface area contributed by atoms with Gasteiger partial charge in [0.25, 0.3) is 5.91 Å². The van der Waals surface area contributed by atoms with Crippen LogP contribution < -0.4 is 9.47 Å². The van der Waals surface area contributed by atoms with Crippen LogP contribution in [0.15, 0.2) is 41.3 Å². The molecule has 1 aliphatic rings. The van der Waals surface area contributed by atoms with Crippen LogP contribution in [0.25, 0.3) is 0 Å². The lowest BCUT2D eigenvalue weighted by molar-refractivity contribution is 0.0734. The van der Waals surface area contributed by atoms with E-state index in [9.17, 15) is 4.79 Å². The number of hydrogen-bond donors (Lipinski definition) is 0. The summed E-state index contributed by atoms with van der Waals surface area (Å²) in [5, 5.41) is 0.482. The van der Waals surface area contributed by atoms with Crippen molar-refractivity contribution in [2.45, 2.75) is 23.8 Å². The highest BCUT2D eigenvalue weighted by Crippen LogP contribution is 2.40. The zero-order valence-electron chi connectivity index (χ0n) is 15.1. The minimum absolute atomic E-state index is 0.0433. The van der Waals surface area contributed by atoms with Crippen molar-refractivity contribution in [3.63, 3.8) is 0 Å². The van der Waals surface area contributed by atoms with Gasteiger partial charge in [0.05, 0.1) is 30.8 Å². The molecule has 0 aromatic heterocycles. The third-order valence-corrected chi connectivity index (χ3v) is 5.77. The van der Waals surface area contributed by atoms with Crippen molar-refractivity contribution in [3.8, 4) is 11.5 Å². The third kappa shape index (κ3) is 3.64. The summed E-state index contributed by atoms with van der Waals surface area (Å²) < 4.78 is 10.9. The van der Waals surface area contributed by atoms with Crippen LogP contribution >= 0.6 is 23.4 Å². The average Bonchev–Trinajstić information content (AvgIpc) is 3.17. The molecular weight excluding hydrogens is 370 g/mol. The van der Waals surface area contributed by atoms with Crippen LogP contribution in [0.5, 0.6) is 11.5 Å². The van der Waals surface area contributed by atoms with E-state index < -0.39 is 0 Å². The topological polar surface area (TPSA) is 38.8 Å². The Bertz CT molecular complexity index is 812. The van der Waals surface area contributed by atoms with E-state index in [4.69, 9.17) is 21.1 Å². The Morgan fingerprint density at radius 1 is 1.19 bits per heavy atom. The van der Waals surface area contributed by atoms with Gasteiger partial charge in [0.15, 0.2) is 0 Å². The first-order valence-corrected chi connectivity index (χ1v) is 10.1. The van der Waals surface area contributed by atoms with Crippen molar-refractivity contribution < 1.29 is 14.3 Å². The van der Waals surface area contributed by atoms with Gasteiger partial charge in [-0.25, -0.2) is 0 Å². The first kappa shape index (κ1) is 18.9. The van der Waals surface area contributed by atoms with Crippen molar-refractivity contribution in [3.05, 3.63) is 52.5 Å². The van der Waals surface area contributed by atoms with Gasteiger partial charge in [-0.15, -0.1) is 11.8 Å². The number of rotatable bonds is 5. The normalized spacial score (nSPS) is 16.6. The SMILES string of the molecule is COc1ccc(OC)c(C2CCCN2C(=O)c2cc(SC)ccc2Cl)c1. The van der Waals surface area contributed by atoms with Crippen LogP contribution in [0, 0.1) is 0 Å². The minimum Gasteiger partial charge on any atom is -0.497 e. The Morgan fingerprint density at radius 3 is 2.69 bits per heavy atom. The van der Waals surface area contributed by atoms with E-state index in [1.54, 1.807) is 32.0 Å². The number of hydrogen-bond acceptors (Lipinski definition) is 4. The van der Waals surface area contributed by atoms with Crippen LogP contribution in [-0.4, -0.2) is 37.8 Å². The summed E-state index contributed by atoms with van der Waals surface area (Å²) in [4.78, 5) is 16.1. The van der Waals surface area contributed by atoms with E-state index in [1.165, 1.54) is 0 Å². The van der Waals surface area contributed by atoms with Gasteiger partial charge < -0.3 is 14.4 Å². The molecule has 6 heteroatoms. The highest BCUT2D eigenvalue weighted by molar-refractivity contribution is 7.98. The predicted octanol–water partition coefficient (Wildman–Crippen LogP) is 5.06. The number of ether oxygens (including phenoxy) is 2. The fraction of sp³-hybridized carbons (Fsp3) is 0.350. The number of methoxy groups -OCH3 is 2. The Balaban J connectivity index is 1.97. The smallest absolute Gasteiger partial charge is 0.255 e. The molecule has 0 bridgehead atoms. The van der Waals surface area contributed by atoms with Crippen LogP contribution in [0.2, 0.25) is 5.02 Å². The van der Waals surface area contributed by atoms with Crippen LogP contribution in [-0.2, 0) is 0 Å². The predicted molar refractivity (Wildman–Crippen MR) is 106 cm³/mol. The monoisotopic (exact) mass is 391 g/mol. The van der Waals surface area contributed by atoms with Gasteiger partial charge in [-0.2, -0.15) is 0 Å². The van der Waals surface area contributed by atoms with Gasteiger partial charge in [0.1, 0.15) is 11.5 Å². The average molecular weight is 392 g/mol. The molecule has 26 heavy (non-hydrogen) atoms. The van der Waals surface area contributed by atoms with Crippen molar-refractivity contribution >= 4 is 29.3 Å². The molecular formula is C20H22ClNO3S. The molecule has 1 atom stereocenters. The zero-order valence-corrected chi connectivity index (χ0v) is 16.7. The second kappa shape index (κ2) is 8.23. The maximum atomic E-state index is 13.2. The molecule has 1 heterocycles. The van der Waals surface area contributed by atoms with Gasteiger partial charge in [0.2, 0.25) is 0 Å². The molecule has 0 saturated carbocycles. The lowest BCUT2D eigenvalue weighted by Crippen LogP contribution is -2.31. The molecule has 1 aliphatic heterocycles. The van der Waals surface area contributed by atoms with Gasteiger partial charge >= 0.3 is 0 Å². The molecule has 1 amide bonds. The number of carbonyl (C=O) groups is 1. The van der Waals surface area contributed by atoms with Crippen molar-refractivity contribution in [1.82, 2.24) is 4.90 Å². The summed E-state index contributed by atoms with van der Waals surface area (Å²) in [5.74, 6) is 1.47. The zero-order chi connectivity index (χ0) is 18.7. The Morgan fingerprint density at radius 2 is 2.00 bits per heavy atom. The largest absolute Gasteiger partial charge is 0.497 e. The van der Waals surface area contributed by atoms with E-state index in [1.807, 2.05) is 41.5 Å². The molecule has 4 nitrogen and oxygen atoms in total. The fourth-order valence-corrected chi connectivity index (χ4v) is 4.02. The molecule has 0 radical (unpaired) electrons. The van der Waals surface area contributed by atoms with E-state index >= 15 is 0 Å². The summed E-state index contributed by atoms with van der Waals surface area (Å²) in [6.45, 7) is 0.698. The third-order valence-electron chi connectivity index (χ3n) is 4.71. The van der Waals surface area contributed by atoms with Gasteiger partial charge in [0, 0.05) is 17.0 Å². The fourth-order valence-electron chi connectivity index (χ4n) is 3.38. The molecule has 1 fully saturated rings. The second-order valence-electron chi connectivity index (χ2n) is 6.11. The van der Waals surface area contributed by atoms with E-state index in [0.717, 1.165) is 34.8 Å². The number of benzene rings is 2. The molecule has 2 aromatic rings. The lowest BCUT2D eigenvalue weighted by atomic mass is 10.0. The molecule has 3 rings (SSSR count). The first-order chi connectivity index (χ1) is 12.6. The molecule has 0 spiro atoms. The maximum absolute atomic E-state index is 13.2. The van der Waals surface area contributed by atoms with E-state index in [0.29, 0.717) is 17.1 Å². The number of thioether (sulfide) groups is 1. The molecule has 2 aromatic carbocycles. The van der Waals surface area contributed by atoms with Crippen molar-refractivity contribution in [1.29, 1.82) is 0 Å². The summed E-state index contributed by atoms with van der Waals surface area (Å²) in [7, 11) is 3.28. The highest BCUT2D eigenvalue weighted by Gasteiger charge is 2.33. The Hall–Kier alpha value is -1.85. The molecule has 1 unspecified atom stereocenters. The van der Waals surface area contributed by atoms with Crippen LogP contribution in [0.4, 0.5) is 0 Å². The minimum atomic E-state index is -0.0541. The Kier molecular flexibility index (Phi) is 5.99. The van der Waals surface area contributed by atoms with E-state index in [2.05, 4.69) is 0 Å². The maximum Gasteiger partial charge on any atom is 0.255 e. The lowest BCUT2D eigenvalue weighted by Gasteiger charge is -2.27. The van der Waals surface area contributed by atoms with E-state index in [-0.39, 0.29) is 11.9 Å². The Labute approximate surface area is 163 Å². The molecule has 0 aliphatic carbocycles. The van der Waals surface area contributed by atoms with Gasteiger partial charge in [-0.05, 0) is 55.5 Å². The van der Waals surface area contributed by atoms with Crippen LogP contribution in [0.3, 0.4) is 0 Å². The summed E-state index contributed by atoms with van der Waals surface area (Å²) >= 11 is 7.92. The molecule has 138 valence electrons. The number of nitrogens with zero attached hydrogens (tertiary/aromatic N) is 1. The highest BCUT2D eigenvalue weighted by atomic mass is 35.5. The number of carbonyl (C=O) groups excluding carboxylic acids is 1. The number of amides is 1. The van der Waals surface area contributed by atoms with Crippen LogP contribution in [0.1, 0.15) is 34.8 Å². The quantitative estimate of drug-likeness (QED) is 0.668. The van der Waals surface area contributed by atoms with Crippen molar-refractivity contribution in [2.24, 2.45) is 0 Å². The summed E-state index contributed by atoms with van der Waals surface area (Å²) in [5.41, 5.74) is 1.52. The number of likely N-dealkylation sites (tertiary alicyclic amines) is 1. The summed E-state index contributed by atoms with van der Waals surface area (Å²) in [6.07, 6.45) is 3.81. The van der Waals surface area contributed by atoms with Gasteiger partial charge in [-0.3, -0.25) is 4.79 Å². The summed E-state index contributed by atoms with van der Waals surface area (Å²) in [6, 6.07) is 11.2. The second-order valence-corrected chi connectivity index (χ2v) is 7.40. The number of halogens is 1. The van der Waals surface area contributed by atoms with Crippen molar-refractivity contribution in [2.75, 3.05) is 27.0 Å². The molecule has 0 N–H and O–H groups in total. The van der Waals surface area contributed by atoms with Gasteiger partial charge in [-0.1, -0.05) is 11.6 Å². The first-order valence-electron chi connectivity index (χ1n) is 8.45.